The lowest BCUT2D eigenvalue weighted by Gasteiger charge is -2.08. The number of hydrogen-bond acceptors (Lipinski definition) is 2. The van der Waals surface area contributed by atoms with Gasteiger partial charge in [0.15, 0.2) is 0 Å². The fraction of sp³-hybridized carbons (Fsp3) is 0.294. The summed E-state index contributed by atoms with van der Waals surface area (Å²) in [7, 11) is 1.92. The number of hydrogen-bond donors (Lipinski definition) is 2. The van der Waals surface area contributed by atoms with Crippen molar-refractivity contribution in [1.29, 1.82) is 0 Å². The summed E-state index contributed by atoms with van der Waals surface area (Å²) in [4.78, 5) is 22.9. The highest BCUT2D eigenvalue weighted by atomic mass is 16.4. The molecular formula is C17H20N2O3. The van der Waals surface area contributed by atoms with E-state index < -0.39 is 5.97 Å². The molecule has 0 saturated heterocycles. The minimum absolute atomic E-state index is 0.107. The molecule has 1 heterocycles. The third kappa shape index (κ3) is 3.75. The van der Waals surface area contributed by atoms with Crippen LogP contribution in [0.25, 0.3) is 0 Å². The molecule has 0 fully saturated rings. The topological polar surface area (TPSA) is 71.3 Å². The van der Waals surface area contributed by atoms with Crippen LogP contribution >= 0.6 is 0 Å². The average Bonchev–Trinajstić information content (AvgIpc) is 2.87. The molecule has 5 nitrogen and oxygen atoms in total. The maximum Gasteiger partial charge on any atom is 0.303 e. The largest absolute Gasteiger partial charge is 0.481 e. The zero-order valence-electron chi connectivity index (χ0n) is 12.8. The minimum Gasteiger partial charge on any atom is -0.481 e. The summed E-state index contributed by atoms with van der Waals surface area (Å²) in [6.07, 6.45) is 3.26. The summed E-state index contributed by atoms with van der Waals surface area (Å²) in [5.41, 5.74) is 3.32. The number of aliphatic carboxylic acids is 1. The van der Waals surface area contributed by atoms with Crippen molar-refractivity contribution < 1.29 is 14.7 Å². The zero-order chi connectivity index (χ0) is 16.1. The Hall–Kier alpha value is -2.56. The predicted octanol–water partition coefficient (Wildman–Crippen LogP) is 2.86. The first kappa shape index (κ1) is 15.8. The Kier molecular flexibility index (Phi) is 4.99. The minimum atomic E-state index is -0.812. The first-order valence-corrected chi connectivity index (χ1v) is 7.27. The fourth-order valence-corrected chi connectivity index (χ4v) is 2.41. The molecule has 5 heteroatoms. The lowest BCUT2D eigenvalue weighted by atomic mass is 10.1. The quantitative estimate of drug-likeness (QED) is 0.861. The van der Waals surface area contributed by atoms with Crippen molar-refractivity contribution in [3.63, 3.8) is 0 Å². The first-order chi connectivity index (χ1) is 10.5. The highest BCUT2D eigenvalue weighted by molar-refractivity contribution is 6.05. The molecule has 1 aromatic heterocycles. The van der Waals surface area contributed by atoms with Gasteiger partial charge in [-0.2, -0.15) is 0 Å². The van der Waals surface area contributed by atoms with Crippen molar-refractivity contribution in [2.75, 3.05) is 5.32 Å². The van der Waals surface area contributed by atoms with Crippen molar-refractivity contribution in [1.82, 2.24) is 4.57 Å². The highest BCUT2D eigenvalue weighted by Gasteiger charge is 2.13. The Bertz CT molecular complexity index is 672. The smallest absolute Gasteiger partial charge is 0.303 e. The molecule has 2 N–H and O–H groups in total. The average molecular weight is 300 g/mol. The van der Waals surface area contributed by atoms with Crippen LogP contribution in [-0.4, -0.2) is 21.6 Å². The van der Waals surface area contributed by atoms with E-state index in [1.54, 1.807) is 12.1 Å². The number of nitrogens with zero attached hydrogens (tertiary/aromatic N) is 1. The number of aryl methyl sites for hydroxylation is 2. The van der Waals surface area contributed by atoms with E-state index >= 15 is 0 Å². The molecule has 0 atom stereocenters. The van der Waals surface area contributed by atoms with Crippen LogP contribution < -0.4 is 5.32 Å². The Morgan fingerprint density at radius 1 is 1.18 bits per heavy atom. The van der Waals surface area contributed by atoms with Gasteiger partial charge in [0.25, 0.3) is 5.91 Å². The van der Waals surface area contributed by atoms with Gasteiger partial charge in [-0.05, 0) is 36.6 Å². The van der Waals surface area contributed by atoms with Crippen LogP contribution in [0.15, 0.2) is 36.5 Å². The molecular weight excluding hydrogens is 280 g/mol. The van der Waals surface area contributed by atoms with Crippen LogP contribution in [0, 0.1) is 0 Å². The van der Waals surface area contributed by atoms with Gasteiger partial charge in [-0.25, -0.2) is 0 Å². The molecule has 0 saturated carbocycles. The Balaban J connectivity index is 2.04. The predicted molar refractivity (Wildman–Crippen MR) is 85.1 cm³/mol. The lowest BCUT2D eigenvalue weighted by Crippen LogP contribution is -2.14. The van der Waals surface area contributed by atoms with Gasteiger partial charge in [0.2, 0.25) is 0 Å². The monoisotopic (exact) mass is 300 g/mol. The molecule has 0 radical (unpaired) electrons. The van der Waals surface area contributed by atoms with Crippen molar-refractivity contribution in [3.05, 3.63) is 53.3 Å². The van der Waals surface area contributed by atoms with E-state index in [2.05, 4.69) is 5.32 Å². The first-order valence-electron chi connectivity index (χ1n) is 7.27. The SMILES string of the molecule is CCc1c(C(=O)Nc2ccc(CCC(=O)O)cc2)ccn1C. The van der Waals surface area contributed by atoms with E-state index in [-0.39, 0.29) is 12.3 Å². The molecule has 116 valence electrons. The number of carbonyl (C=O) groups is 2. The number of aromatic nitrogens is 1. The maximum absolute atomic E-state index is 12.3. The van der Waals surface area contributed by atoms with E-state index in [1.807, 2.05) is 42.9 Å². The summed E-state index contributed by atoms with van der Waals surface area (Å²) >= 11 is 0. The molecule has 0 aliphatic rings. The fourth-order valence-electron chi connectivity index (χ4n) is 2.41. The van der Waals surface area contributed by atoms with Crippen LogP contribution in [0.1, 0.15) is 35.0 Å². The van der Waals surface area contributed by atoms with E-state index in [0.29, 0.717) is 17.7 Å². The normalized spacial score (nSPS) is 10.5. The van der Waals surface area contributed by atoms with Crippen molar-refractivity contribution in [2.24, 2.45) is 7.05 Å². The van der Waals surface area contributed by atoms with Crippen LogP contribution in [-0.2, 0) is 24.7 Å². The molecule has 0 aliphatic heterocycles. The number of benzene rings is 1. The number of carbonyl (C=O) groups excluding carboxylic acids is 1. The zero-order valence-corrected chi connectivity index (χ0v) is 12.8. The number of rotatable bonds is 6. The highest BCUT2D eigenvalue weighted by Crippen LogP contribution is 2.15. The number of anilines is 1. The van der Waals surface area contributed by atoms with E-state index in [9.17, 15) is 9.59 Å². The van der Waals surface area contributed by atoms with Gasteiger partial charge in [-0.15, -0.1) is 0 Å². The number of nitrogens with one attached hydrogen (secondary N) is 1. The van der Waals surface area contributed by atoms with Crippen LogP contribution in [0.5, 0.6) is 0 Å². The number of amides is 1. The summed E-state index contributed by atoms with van der Waals surface area (Å²) in [6.45, 7) is 2.02. The van der Waals surface area contributed by atoms with Gasteiger partial charge in [0.1, 0.15) is 0 Å². The Morgan fingerprint density at radius 2 is 1.86 bits per heavy atom. The van der Waals surface area contributed by atoms with Gasteiger partial charge in [0, 0.05) is 31.0 Å². The van der Waals surface area contributed by atoms with Crippen molar-refractivity contribution in [2.45, 2.75) is 26.2 Å². The number of carboxylic acids is 1. The summed E-state index contributed by atoms with van der Waals surface area (Å²) in [5, 5.41) is 11.5. The summed E-state index contributed by atoms with van der Waals surface area (Å²) in [5.74, 6) is -0.940. The second-order valence-electron chi connectivity index (χ2n) is 5.19. The van der Waals surface area contributed by atoms with E-state index in [1.165, 1.54) is 0 Å². The van der Waals surface area contributed by atoms with Gasteiger partial charge in [-0.3, -0.25) is 9.59 Å². The van der Waals surface area contributed by atoms with Crippen molar-refractivity contribution in [3.8, 4) is 0 Å². The maximum atomic E-state index is 12.3. The molecule has 2 aromatic rings. The Morgan fingerprint density at radius 3 is 2.45 bits per heavy atom. The van der Waals surface area contributed by atoms with Gasteiger partial charge in [-0.1, -0.05) is 19.1 Å². The van der Waals surface area contributed by atoms with Crippen LogP contribution in [0.2, 0.25) is 0 Å². The second kappa shape index (κ2) is 6.93. The standard InChI is InChI=1S/C17H20N2O3/c1-3-15-14(10-11-19(15)2)17(22)18-13-7-4-12(5-8-13)6-9-16(20)21/h4-5,7-8,10-11H,3,6,9H2,1-2H3,(H,18,22)(H,20,21). The third-order valence-corrected chi connectivity index (χ3v) is 3.62. The molecule has 2 rings (SSSR count). The van der Waals surface area contributed by atoms with Crippen molar-refractivity contribution >= 4 is 17.6 Å². The van der Waals surface area contributed by atoms with Crippen LogP contribution in [0.4, 0.5) is 5.69 Å². The van der Waals surface area contributed by atoms with Crippen LogP contribution in [0.3, 0.4) is 0 Å². The van der Waals surface area contributed by atoms with Gasteiger partial charge < -0.3 is 15.0 Å². The molecule has 1 amide bonds. The Labute approximate surface area is 129 Å². The molecule has 0 spiro atoms. The molecule has 0 aliphatic carbocycles. The summed E-state index contributed by atoms with van der Waals surface area (Å²) in [6, 6.07) is 9.08. The summed E-state index contributed by atoms with van der Waals surface area (Å²) < 4.78 is 1.95. The molecule has 22 heavy (non-hydrogen) atoms. The van der Waals surface area contributed by atoms with E-state index in [0.717, 1.165) is 17.7 Å². The molecule has 0 unspecified atom stereocenters. The number of carboxylic acid groups (broad SMARTS) is 1. The molecule has 1 aromatic carbocycles. The van der Waals surface area contributed by atoms with E-state index in [4.69, 9.17) is 5.11 Å². The van der Waals surface area contributed by atoms with Gasteiger partial charge >= 0.3 is 5.97 Å². The third-order valence-electron chi connectivity index (χ3n) is 3.62. The molecule has 0 bridgehead atoms. The second-order valence-corrected chi connectivity index (χ2v) is 5.19. The van der Waals surface area contributed by atoms with Gasteiger partial charge in [0.05, 0.1) is 5.56 Å². The lowest BCUT2D eigenvalue weighted by molar-refractivity contribution is -0.136.